The number of carbonyl (C=O) groups is 2. The van der Waals surface area contributed by atoms with E-state index in [4.69, 9.17) is 9.47 Å². The first-order chi connectivity index (χ1) is 25.1. The minimum atomic E-state index is -0.133. The van der Waals surface area contributed by atoms with E-state index in [1.807, 2.05) is 60.7 Å². The van der Waals surface area contributed by atoms with Crippen molar-refractivity contribution in [3.8, 4) is 11.1 Å². The van der Waals surface area contributed by atoms with Crippen molar-refractivity contribution in [3.05, 3.63) is 131 Å². The number of fused-ring (bicyclic) bond motifs is 4. The van der Waals surface area contributed by atoms with Crippen molar-refractivity contribution in [2.45, 2.75) is 99.6 Å². The zero-order valence-electron chi connectivity index (χ0n) is 31.2. The Morgan fingerprint density at radius 2 is 0.885 bits per heavy atom. The highest BCUT2D eigenvalue weighted by Gasteiger charge is 2.57. The number of likely N-dealkylation sites (N-methyl/N-ethyl adjacent to an activating group) is 2. The molecule has 0 aliphatic carbocycles. The third-order valence-corrected chi connectivity index (χ3v) is 13.7. The molecule has 0 saturated carbocycles. The molecule has 4 bridgehead atoms. The van der Waals surface area contributed by atoms with E-state index in [1.54, 1.807) is 0 Å². The molecule has 52 heavy (non-hydrogen) atoms. The molecule has 4 aromatic rings. The van der Waals surface area contributed by atoms with Gasteiger partial charge >= 0.3 is 11.9 Å². The number of esters is 2. The van der Waals surface area contributed by atoms with Crippen LogP contribution in [0.5, 0.6) is 0 Å². The van der Waals surface area contributed by atoms with Gasteiger partial charge in [0, 0.05) is 38.5 Å². The lowest BCUT2D eigenvalue weighted by atomic mass is 9.79. The Bertz CT molecular complexity index is 1730. The van der Waals surface area contributed by atoms with Crippen molar-refractivity contribution in [2.75, 3.05) is 28.2 Å². The molecular formula is C46H54N2O4+2. The Hall–Kier alpha value is -4.26. The quantitative estimate of drug-likeness (QED) is 0.132. The number of ether oxygens (including phenoxy) is 2. The van der Waals surface area contributed by atoms with Gasteiger partial charge in [-0.05, 0) is 33.4 Å². The largest absolute Gasteiger partial charge is 0.461 e. The molecule has 8 atom stereocenters. The second-order valence-corrected chi connectivity index (χ2v) is 17.0. The van der Waals surface area contributed by atoms with Crippen LogP contribution < -0.4 is 0 Å². The molecular weight excluding hydrogens is 645 g/mol. The number of benzene rings is 4. The van der Waals surface area contributed by atoms with E-state index in [1.165, 1.54) is 35.1 Å². The van der Waals surface area contributed by atoms with E-state index in [9.17, 15) is 9.59 Å². The summed E-state index contributed by atoms with van der Waals surface area (Å²) in [7, 11) is 9.44. The Labute approximate surface area is 309 Å². The summed E-state index contributed by atoms with van der Waals surface area (Å²) in [5, 5.41) is 0. The van der Waals surface area contributed by atoms with Gasteiger partial charge in [-0.15, -0.1) is 0 Å². The number of carbonyl (C=O) groups excluding carboxylic acids is 2. The summed E-state index contributed by atoms with van der Waals surface area (Å²) >= 11 is 0. The van der Waals surface area contributed by atoms with Crippen LogP contribution in [0, 0.1) is 0 Å². The van der Waals surface area contributed by atoms with Gasteiger partial charge in [0.1, 0.15) is 12.2 Å². The summed E-state index contributed by atoms with van der Waals surface area (Å²) in [4.78, 5) is 26.4. The topological polar surface area (TPSA) is 52.6 Å². The fourth-order valence-corrected chi connectivity index (χ4v) is 10.7. The van der Waals surface area contributed by atoms with Crippen LogP contribution in [0.3, 0.4) is 0 Å². The first-order valence-electron chi connectivity index (χ1n) is 19.4. The van der Waals surface area contributed by atoms with Gasteiger partial charge in [-0.2, -0.15) is 0 Å². The average molecular weight is 699 g/mol. The molecule has 6 nitrogen and oxygen atoms in total. The molecule has 0 N–H and O–H groups in total. The summed E-state index contributed by atoms with van der Waals surface area (Å²) in [5.74, 6) is 0.0564. The van der Waals surface area contributed by atoms with E-state index >= 15 is 0 Å². The smallest absolute Gasteiger partial charge is 0.310 e. The highest BCUT2D eigenvalue weighted by molar-refractivity contribution is 5.73. The lowest BCUT2D eigenvalue weighted by Crippen LogP contribution is -2.59. The van der Waals surface area contributed by atoms with Crippen LogP contribution in [0.2, 0.25) is 0 Å². The van der Waals surface area contributed by atoms with Gasteiger partial charge in [0.2, 0.25) is 0 Å². The van der Waals surface area contributed by atoms with Crippen molar-refractivity contribution in [3.63, 3.8) is 0 Å². The normalized spacial score (nSPS) is 29.7. The number of hydrogen-bond acceptors (Lipinski definition) is 4. The van der Waals surface area contributed by atoms with Crippen LogP contribution in [0.4, 0.5) is 0 Å². The molecule has 4 aliphatic heterocycles. The lowest BCUT2D eigenvalue weighted by Gasteiger charge is -2.48. The molecule has 0 spiro atoms. The predicted octanol–water partition coefficient (Wildman–Crippen LogP) is 7.85. The molecule has 4 fully saturated rings. The summed E-state index contributed by atoms with van der Waals surface area (Å²) < 4.78 is 14.7. The maximum atomic E-state index is 13.2. The minimum Gasteiger partial charge on any atom is -0.461 e. The maximum absolute atomic E-state index is 13.2. The number of nitrogens with zero attached hydrogens (tertiary/aromatic N) is 2. The second kappa shape index (κ2) is 13.9. The van der Waals surface area contributed by atoms with Gasteiger partial charge < -0.3 is 18.4 Å². The van der Waals surface area contributed by atoms with Crippen LogP contribution in [-0.2, 0) is 31.9 Å². The molecule has 4 aromatic carbocycles. The molecule has 2 unspecified atom stereocenters. The van der Waals surface area contributed by atoms with Crippen LogP contribution >= 0.6 is 0 Å². The van der Waals surface area contributed by atoms with Crippen LogP contribution in [0.1, 0.15) is 72.6 Å². The Morgan fingerprint density at radius 1 is 0.519 bits per heavy atom. The molecule has 0 aromatic heterocycles. The fraction of sp³-hybridized carbons (Fsp3) is 0.435. The first-order valence-corrected chi connectivity index (χ1v) is 19.4. The number of piperidine rings is 2. The summed E-state index contributed by atoms with van der Waals surface area (Å²) in [6.07, 6.45) is 6.84. The van der Waals surface area contributed by atoms with E-state index in [-0.39, 0.29) is 36.0 Å². The van der Waals surface area contributed by atoms with Gasteiger partial charge in [0.05, 0.1) is 77.0 Å². The maximum Gasteiger partial charge on any atom is 0.310 e. The van der Waals surface area contributed by atoms with E-state index in [0.717, 1.165) is 45.8 Å². The van der Waals surface area contributed by atoms with Gasteiger partial charge in [0.25, 0.3) is 0 Å². The highest BCUT2D eigenvalue weighted by Crippen LogP contribution is 2.50. The zero-order chi connectivity index (χ0) is 36.0. The molecule has 0 amide bonds. The molecule has 0 radical (unpaired) electrons. The SMILES string of the molecule is C[N+]1(C)[C@@H]2CC[C@@H]1C(c1ccc(-c3ccc(C4[C@@H](OC(=O)Cc5ccccc5)C[C@H]5CC[C@@H]4[N+]5(C)C)cc3)cc1)[C@H](OC(=O)Cc1ccccc1)C2. The number of rotatable bonds is 9. The van der Waals surface area contributed by atoms with Crippen molar-refractivity contribution in [1.29, 1.82) is 0 Å². The first kappa shape index (κ1) is 34.8. The third-order valence-electron chi connectivity index (χ3n) is 13.7. The minimum absolute atomic E-state index is 0.118. The molecule has 270 valence electrons. The molecule has 4 heterocycles. The monoisotopic (exact) mass is 698 g/mol. The summed E-state index contributed by atoms with van der Waals surface area (Å²) in [6.45, 7) is 0. The second-order valence-electron chi connectivity index (χ2n) is 17.0. The third kappa shape index (κ3) is 6.60. The van der Waals surface area contributed by atoms with Gasteiger partial charge in [0.15, 0.2) is 0 Å². The van der Waals surface area contributed by atoms with Gasteiger partial charge in [-0.1, -0.05) is 109 Å². The molecule has 8 rings (SSSR count). The van der Waals surface area contributed by atoms with E-state index in [0.29, 0.717) is 37.0 Å². The molecule has 4 saturated heterocycles. The van der Waals surface area contributed by atoms with Gasteiger partial charge in [-0.25, -0.2) is 0 Å². The summed E-state index contributed by atoms with van der Waals surface area (Å²) in [6, 6.07) is 39.7. The number of quaternary nitrogens is 2. The van der Waals surface area contributed by atoms with E-state index < -0.39 is 0 Å². The average Bonchev–Trinajstić information content (AvgIpc) is 3.38. The van der Waals surface area contributed by atoms with Crippen molar-refractivity contribution in [1.82, 2.24) is 0 Å². The van der Waals surface area contributed by atoms with Crippen LogP contribution in [-0.4, -0.2) is 85.5 Å². The standard InChI is InChI=1S/C46H54N2O4/c1-47(2)37-23-25-39(47)45(41(29-37)51-43(49)27-31-11-7-5-8-12-31)35-19-15-33(16-20-35)34-17-21-36(22-18-34)46-40-26-24-38(48(40,3)4)30-42(46)52-44(50)28-32-13-9-6-10-14-32/h5-22,37-42,45-46H,23-30H2,1-4H3/q+2/t37-,38-,39-,40+,41-,42+,45?,46?/m1/s1. The Kier molecular flexibility index (Phi) is 9.33. The Balaban J connectivity index is 1.01. The van der Waals surface area contributed by atoms with E-state index in [2.05, 4.69) is 76.7 Å². The Morgan fingerprint density at radius 3 is 1.25 bits per heavy atom. The number of hydrogen-bond donors (Lipinski definition) is 0. The lowest BCUT2D eigenvalue weighted by molar-refractivity contribution is -0.933. The highest BCUT2D eigenvalue weighted by atomic mass is 16.5. The van der Waals surface area contributed by atoms with Gasteiger partial charge in [-0.3, -0.25) is 9.59 Å². The van der Waals surface area contributed by atoms with Crippen molar-refractivity contribution >= 4 is 11.9 Å². The predicted molar refractivity (Wildman–Crippen MR) is 204 cm³/mol. The van der Waals surface area contributed by atoms with Crippen molar-refractivity contribution < 1.29 is 28.0 Å². The molecule has 6 heteroatoms. The fourth-order valence-electron chi connectivity index (χ4n) is 10.7. The van der Waals surface area contributed by atoms with Crippen molar-refractivity contribution in [2.24, 2.45) is 0 Å². The molecule has 4 aliphatic rings. The van der Waals surface area contributed by atoms with Crippen LogP contribution in [0.25, 0.3) is 11.1 Å². The van der Waals surface area contributed by atoms with Crippen LogP contribution in [0.15, 0.2) is 109 Å². The zero-order valence-corrected chi connectivity index (χ0v) is 31.2. The summed E-state index contributed by atoms with van der Waals surface area (Å²) in [5.41, 5.74) is 6.85.